The minimum Gasteiger partial charge on any atom is -0.368 e. The molecule has 3 nitrogen and oxygen atoms in total. The number of nitrogens with zero attached hydrogens (tertiary/aromatic N) is 1. The van der Waals surface area contributed by atoms with Crippen molar-refractivity contribution in [3.63, 3.8) is 0 Å². The maximum absolute atomic E-state index is 12.5. The van der Waals surface area contributed by atoms with Gasteiger partial charge in [0.05, 0.1) is 10.6 Å². The number of aryl methyl sites for hydroxylation is 1. The molecule has 2 aromatic rings. The minimum absolute atomic E-state index is 0.148. The van der Waals surface area contributed by atoms with Gasteiger partial charge in [-0.1, -0.05) is 36.4 Å². The number of anilines is 1. The fraction of sp³-hybridized carbons (Fsp3) is 0.333. The van der Waals surface area contributed by atoms with Crippen molar-refractivity contribution in [2.75, 3.05) is 17.2 Å². The standard InChI is InChI=1S/C18H21NO2S/c1-15-11-12-16-7-5-6-10-18(16)19(15)13-14-22(20,21)17-8-3-2-4-9-17/h2-10,15H,11-14H2,1H3. The SMILES string of the molecule is CC1CCc2ccccc2N1CCS(=O)(=O)c1ccccc1. The first-order valence-corrected chi connectivity index (χ1v) is 9.35. The number of hydrogen-bond donors (Lipinski definition) is 0. The summed E-state index contributed by atoms with van der Waals surface area (Å²) in [6.45, 7) is 2.71. The van der Waals surface area contributed by atoms with Crippen molar-refractivity contribution < 1.29 is 8.42 Å². The summed E-state index contributed by atoms with van der Waals surface area (Å²) in [5, 5.41) is 0. The zero-order chi connectivity index (χ0) is 15.6. The fourth-order valence-corrected chi connectivity index (χ4v) is 4.31. The largest absolute Gasteiger partial charge is 0.368 e. The normalized spacial score (nSPS) is 18.0. The number of para-hydroxylation sites is 1. The van der Waals surface area contributed by atoms with Crippen LogP contribution < -0.4 is 4.90 Å². The van der Waals surface area contributed by atoms with Crippen molar-refractivity contribution in [1.29, 1.82) is 0 Å². The Morgan fingerprint density at radius 2 is 1.73 bits per heavy atom. The van der Waals surface area contributed by atoms with Crippen molar-refractivity contribution in [1.82, 2.24) is 0 Å². The average Bonchev–Trinajstić information content (AvgIpc) is 2.55. The third-order valence-electron chi connectivity index (χ3n) is 4.37. The second kappa shape index (κ2) is 6.13. The molecule has 1 unspecified atom stereocenters. The molecule has 0 aromatic heterocycles. The van der Waals surface area contributed by atoms with Gasteiger partial charge < -0.3 is 4.90 Å². The Bertz CT molecular complexity index is 741. The smallest absolute Gasteiger partial charge is 0.180 e. The zero-order valence-electron chi connectivity index (χ0n) is 12.8. The predicted octanol–water partition coefficient (Wildman–Crippen LogP) is 3.30. The highest BCUT2D eigenvalue weighted by Crippen LogP contribution is 2.30. The molecule has 22 heavy (non-hydrogen) atoms. The van der Waals surface area contributed by atoms with Crippen molar-refractivity contribution in [3.8, 4) is 0 Å². The predicted molar refractivity (Wildman–Crippen MR) is 90.1 cm³/mol. The first-order chi connectivity index (χ1) is 10.6. The molecule has 0 saturated carbocycles. The van der Waals surface area contributed by atoms with E-state index in [0.29, 0.717) is 17.5 Å². The lowest BCUT2D eigenvalue weighted by atomic mass is 9.97. The van der Waals surface area contributed by atoms with Crippen LogP contribution in [0.3, 0.4) is 0 Å². The number of hydrogen-bond acceptors (Lipinski definition) is 3. The summed E-state index contributed by atoms with van der Waals surface area (Å²) < 4.78 is 24.9. The van der Waals surface area contributed by atoms with Crippen LogP contribution in [-0.4, -0.2) is 26.8 Å². The summed E-state index contributed by atoms with van der Waals surface area (Å²) in [6.07, 6.45) is 2.14. The van der Waals surface area contributed by atoms with E-state index in [1.54, 1.807) is 24.3 Å². The molecule has 1 aliphatic rings. The van der Waals surface area contributed by atoms with E-state index >= 15 is 0 Å². The van der Waals surface area contributed by atoms with Gasteiger partial charge in [-0.15, -0.1) is 0 Å². The topological polar surface area (TPSA) is 37.4 Å². The van der Waals surface area contributed by atoms with Crippen LogP contribution in [-0.2, 0) is 16.3 Å². The van der Waals surface area contributed by atoms with Gasteiger partial charge in [0.25, 0.3) is 0 Å². The lowest BCUT2D eigenvalue weighted by Gasteiger charge is -2.37. The number of benzene rings is 2. The summed E-state index contributed by atoms with van der Waals surface area (Å²) in [4.78, 5) is 2.65. The molecule has 0 aliphatic carbocycles. The summed E-state index contributed by atoms with van der Waals surface area (Å²) in [7, 11) is -3.23. The molecule has 0 spiro atoms. The molecular formula is C18H21NO2S. The second-order valence-corrected chi connectivity index (χ2v) is 7.95. The zero-order valence-corrected chi connectivity index (χ0v) is 13.6. The molecule has 0 saturated heterocycles. The van der Waals surface area contributed by atoms with Gasteiger partial charge in [0, 0.05) is 18.3 Å². The van der Waals surface area contributed by atoms with Crippen LogP contribution in [0.5, 0.6) is 0 Å². The highest BCUT2D eigenvalue weighted by Gasteiger charge is 2.24. The monoisotopic (exact) mass is 315 g/mol. The van der Waals surface area contributed by atoms with Crippen LogP contribution in [0, 0.1) is 0 Å². The molecule has 3 rings (SSSR count). The lowest BCUT2D eigenvalue weighted by molar-refractivity contribution is 0.563. The molecule has 0 radical (unpaired) electrons. The van der Waals surface area contributed by atoms with Gasteiger partial charge in [0.1, 0.15) is 0 Å². The van der Waals surface area contributed by atoms with E-state index in [-0.39, 0.29) is 5.75 Å². The number of fused-ring (bicyclic) bond motifs is 1. The van der Waals surface area contributed by atoms with Crippen molar-refractivity contribution in [2.45, 2.75) is 30.7 Å². The Morgan fingerprint density at radius 3 is 2.50 bits per heavy atom. The van der Waals surface area contributed by atoms with Crippen molar-refractivity contribution in [2.24, 2.45) is 0 Å². The van der Waals surface area contributed by atoms with Gasteiger partial charge in [0.2, 0.25) is 0 Å². The molecule has 1 heterocycles. The molecule has 0 N–H and O–H groups in total. The van der Waals surface area contributed by atoms with Gasteiger partial charge in [-0.05, 0) is 43.5 Å². The fourth-order valence-electron chi connectivity index (χ4n) is 3.07. The summed E-state index contributed by atoms with van der Waals surface area (Å²) in [6, 6.07) is 17.4. The molecule has 116 valence electrons. The van der Waals surface area contributed by atoms with Crippen molar-refractivity contribution >= 4 is 15.5 Å². The molecular weight excluding hydrogens is 294 g/mol. The summed E-state index contributed by atoms with van der Waals surface area (Å²) in [5.74, 6) is 0.148. The quantitative estimate of drug-likeness (QED) is 0.869. The molecule has 0 bridgehead atoms. The van der Waals surface area contributed by atoms with E-state index in [9.17, 15) is 8.42 Å². The Labute approximate surface area is 132 Å². The maximum atomic E-state index is 12.5. The van der Waals surface area contributed by atoms with Gasteiger partial charge >= 0.3 is 0 Å². The average molecular weight is 315 g/mol. The number of sulfone groups is 1. The summed E-state index contributed by atoms with van der Waals surface area (Å²) in [5.41, 5.74) is 2.50. The summed E-state index contributed by atoms with van der Waals surface area (Å²) >= 11 is 0. The Morgan fingerprint density at radius 1 is 1.05 bits per heavy atom. The molecule has 1 aliphatic heterocycles. The van der Waals surface area contributed by atoms with Crippen LogP contribution in [0.4, 0.5) is 5.69 Å². The maximum Gasteiger partial charge on any atom is 0.180 e. The molecule has 0 fully saturated rings. The lowest BCUT2D eigenvalue weighted by Crippen LogP contribution is -2.40. The van der Waals surface area contributed by atoms with Gasteiger partial charge in [0.15, 0.2) is 9.84 Å². The van der Waals surface area contributed by atoms with Crippen LogP contribution in [0.1, 0.15) is 18.9 Å². The van der Waals surface area contributed by atoms with Gasteiger partial charge in [-0.25, -0.2) is 8.42 Å². The van der Waals surface area contributed by atoms with E-state index in [1.165, 1.54) is 11.3 Å². The van der Waals surface area contributed by atoms with Crippen LogP contribution >= 0.6 is 0 Å². The van der Waals surface area contributed by atoms with Gasteiger partial charge in [-0.3, -0.25) is 0 Å². The van der Waals surface area contributed by atoms with E-state index in [1.807, 2.05) is 18.2 Å². The molecule has 2 aromatic carbocycles. The Kier molecular flexibility index (Phi) is 4.21. The van der Waals surface area contributed by atoms with Gasteiger partial charge in [-0.2, -0.15) is 0 Å². The van der Waals surface area contributed by atoms with E-state index in [0.717, 1.165) is 12.8 Å². The van der Waals surface area contributed by atoms with E-state index < -0.39 is 9.84 Å². The molecule has 1 atom stereocenters. The van der Waals surface area contributed by atoms with E-state index in [4.69, 9.17) is 0 Å². The Balaban J connectivity index is 1.79. The van der Waals surface area contributed by atoms with Crippen LogP contribution in [0.15, 0.2) is 59.5 Å². The molecule has 4 heteroatoms. The van der Waals surface area contributed by atoms with Crippen LogP contribution in [0.25, 0.3) is 0 Å². The third kappa shape index (κ3) is 3.02. The van der Waals surface area contributed by atoms with E-state index in [2.05, 4.69) is 24.0 Å². The Hall–Kier alpha value is -1.81. The highest BCUT2D eigenvalue weighted by atomic mass is 32.2. The first kappa shape index (κ1) is 15.1. The first-order valence-electron chi connectivity index (χ1n) is 7.70. The van der Waals surface area contributed by atoms with Crippen molar-refractivity contribution in [3.05, 3.63) is 60.2 Å². The third-order valence-corrected chi connectivity index (χ3v) is 6.08. The minimum atomic E-state index is -3.23. The number of rotatable bonds is 4. The van der Waals surface area contributed by atoms with Crippen LogP contribution in [0.2, 0.25) is 0 Å². The molecule has 0 amide bonds. The second-order valence-electron chi connectivity index (χ2n) is 5.84. The highest BCUT2D eigenvalue weighted by molar-refractivity contribution is 7.91.